The van der Waals surface area contributed by atoms with E-state index in [1.807, 2.05) is 35.0 Å². The normalized spacial score (nSPS) is 10.7. The van der Waals surface area contributed by atoms with Crippen molar-refractivity contribution in [2.24, 2.45) is 0 Å². The van der Waals surface area contributed by atoms with Gasteiger partial charge in [-0.05, 0) is 35.0 Å². The van der Waals surface area contributed by atoms with E-state index in [4.69, 9.17) is 4.42 Å². The van der Waals surface area contributed by atoms with Gasteiger partial charge in [-0.3, -0.25) is 20.4 Å². The van der Waals surface area contributed by atoms with Crippen LogP contribution in [-0.2, 0) is 4.79 Å². The van der Waals surface area contributed by atoms with Gasteiger partial charge in [-0.2, -0.15) is 0 Å². The third-order valence-corrected chi connectivity index (χ3v) is 6.24. The van der Waals surface area contributed by atoms with Gasteiger partial charge in [-0.1, -0.05) is 23.9 Å². The summed E-state index contributed by atoms with van der Waals surface area (Å²) in [5.41, 5.74) is 6.47. The first kappa shape index (κ1) is 18.5. The number of hydrogen-bond acceptors (Lipinski definition) is 7. The number of imidazole rings is 1. The monoisotopic (exact) mass is 430 g/mol. The summed E-state index contributed by atoms with van der Waals surface area (Å²) in [7, 11) is 0. The topological polar surface area (TPSA) is 100 Å². The zero-order chi connectivity index (χ0) is 19.3. The number of nitrogens with zero attached hydrogens (tertiary/aromatic N) is 1. The smallest absolute Gasteiger partial charge is 0.305 e. The van der Waals surface area contributed by atoms with Crippen molar-refractivity contribution in [3.63, 3.8) is 0 Å². The first-order chi connectivity index (χ1) is 13.7. The molecule has 4 heterocycles. The number of hydrogen-bond donors (Lipinski definition) is 3. The van der Waals surface area contributed by atoms with Gasteiger partial charge in [0.2, 0.25) is 5.91 Å². The third-order valence-electron chi connectivity index (χ3n) is 3.60. The minimum Gasteiger partial charge on any atom is -0.459 e. The molecule has 0 bridgehead atoms. The molecule has 0 saturated carbocycles. The number of carbonyl (C=O) groups is 2. The number of rotatable bonds is 6. The fourth-order valence-corrected chi connectivity index (χ4v) is 4.49. The lowest BCUT2D eigenvalue weighted by molar-refractivity contribution is -0.119. The Labute approximate surface area is 172 Å². The maximum Gasteiger partial charge on any atom is 0.305 e. The van der Waals surface area contributed by atoms with Crippen LogP contribution in [0.15, 0.2) is 63.0 Å². The van der Waals surface area contributed by atoms with Crippen molar-refractivity contribution in [3.8, 4) is 21.1 Å². The van der Waals surface area contributed by atoms with E-state index in [9.17, 15) is 9.59 Å². The van der Waals surface area contributed by atoms with Crippen LogP contribution in [-0.4, -0.2) is 27.5 Å². The molecule has 4 rings (SSSR count). The van der Waals surface area contributed by atoms with E-state index < -0.39 is 5.91 Å². The number of thioether (sulfide) groups is 1. The predicted octanol–water partition coefficient (Wildman–Crippen LogP) is 4.01. The van der Waals surface area contributed by atoms with Gasteiger partial charge >= 0.3 is 5.91 Å². The quantitative estimate of drug-likeness (QED) is 0.317. The molecule has 0 aliphatic rings. The molecule has 0 spiro atoms. The molecule has 142 valence electrons. The van der Waals surface area contributed by atoms with Crippen LogP contribution in [0.3, 0.4) is 0 Å². The molecule has 0 radical (unpaired) electrons. The van der Waals surface area contributed by atoms with Crippen LogP contribution in [0.5, 0.6) is 0 Å². The van der Waals surface area contributed by atoms with Gasteiger partial charge in [-0.25, -0.2) is 4.98 Å². The minimum absolute atomic E-state index is 0.0969. The van der Waals surface area contributed by atoms with Crippen LogP contribution in [0.2, 0.25) is 0 Å². The number of aromatic amines is 1. The zero-order valence-electron chi connectivity index (χ0n) is 14.3. The first-order valence-corrected chi connectivity index (χ1v) is 10.9. The van der Waals surface area contributed by atoms with Crippen molar-refractivity contribution in [1.82, 2.24) is 20.8 Å². The average molecular weight is 431 g/mol. The van der Waals surface area contributed by atoms with E-state index in [0.717, 1.165) is 21.1 Å². The van der Waals surface area contributed by atoms with E-state index in [0.29, 0.717) is 5.16 Å². The molecule has 0 aliphatic heterocycles. The minimum atomic E-state index is -0.513. The lowest BCUT2D eigenvalue weighted by Gasteiger charge is -2.04. The summed E-state index contributed by atoms with van der Waals surface area (Å²) in [6, 6.07) is 11.1. The molecular weight excluding hydrogens is 416 g/mol. The van der Waals surface area contributed by atoms with E-state index in [2.05, 4.69) is 20.8 Å². The van der Waals surface area contributed by atoms with Gasteiger partial charge in [0.15, 0.2) is 10.9 Å². The molecule has 0 aliphatic carbocycles. The Morgan fingerprint density at radius 3 is 2.54 bits per heavy atom. The Balaban J connectivity index is 1.40. The molecule has 3 N–H and O–H groups in total. The van der Waals surface area contributed by atoms with Crippen molar-refractivity contribution in [3.05, 3.63) is 59.2 Å². The van der Waals surface area contributed by atoms with Crippen molar-refractivity contribution < 1.29 is 14.0 Å². The van der Waals surface area contributed by atoms with Gasteiger partial charge in [0.25, 0.3) is 0 Å². The molecule has 0 aromatic carbocycles. The lowest BCUT2D eigenvalue weighted by atomic mass is 10.2. The molecule has 0 saturated heterocycles. The van der Waals surface area contributed by atoms with Crippen molar-refractivity contribution in [1.29, 1.82) is 0 Å². The number of carbonyl (C=O) groups excluding carboxylic acids is 2. The number of aromatic nitrogens is 2. The number of furan rings is 1. The molecule has 28 heavy (non-hydrogen) atoms. The highest BCUT2D eigenvalue weighted by Gasteiger charge is 2.17. The van der Waals surface area contributed by atoms with Crippen LogP contribution < -0.4 is 10.9 Å². The molecule has 4 aromatic heterocycles. The molecule has 2 amide bonds. The second-order valence-corrected chi connectivity index (χ2v) is 8.35. The molecule has 0 atom stereocenters. The number of H-pyrrole nitrogens is 1. The molecule has 0 fully saturated rings. The fourth-order valence-electron chi connectivity index (χ4n) is 2.38. The van der Waals surface area contributed by atoms with Crippen LogP contribution in [0.25, 0.3) is 21.1 Å². The Hall–Kier alpha value is -2.82. The van der Waals surface area contributed by atoms with Gasteiger partial charge in [0.05, 0.1) is 27.5 Å². The standard InChI is InChI=1S/C18H14N4O3S3/c23-14(21-22-17(24)11-4-1-7-25-11)10-28-18-19-15(12-5-2-8-26-12)16(20-18)13-6-3-9-27-13/h1-9H,10H2,(H,19,20)(H,21,23)(H,22,24). The van der Waals surface area contributed by atoms with Crippen LogP contribution >= 0.6 is 34.4 Å². The molecule has 4 aromatic rings. The zero-order valence-corrected chi connectivity index (χ0v) is 16.7. The van der Waals surface area contributed by atoms with Gasteiger partial charge in [0.1, 0.15) is 5.69 Å². The van der Waals surface area contributed by atoms with E-state index in [-0.39, 0.29) is 17.4 Å². The maximum absolute atomic E-state index is 12.0. The molecule has 0 unspecified atom stereocenters. The Morgan fingerprint density at radius 2 is 1.86 bits per heavy atom. The Bertz CT molecular complexity index is 1000. The molecular formula is C18H14N4O3S3. The summed E-state index contributed by atoms with van der Waals surface area (Å²) < 4.78 is 4.96. The Morgan fingerprint density at radius 1 is 1.07 bits per heavy atom. The second kappa shape index (κ2) is 8.46. The number of hydrazine groups is 1. The third kappa shape index (κ3) is 4.19. The van der Waals surface area contributed by atoms with Crippen molar-refractivity contribution >= 4 is 46.2 Å². The molecule has 7 nitrogen and oxygen atoms in total. The largest absolute Gasteiger partial charge is 0.459 e. The lowest BCUT2D eigenvalue weighted by Crippen LogP contribution is -2.42. The van der Waals surface area contributed by atoms with E-state index >= 15 is 0 Å². The summed E-state index contributed by atoms with van der Waals surface area (Å²) in [5, 5.41) is 4.65. The average Bonchev–Trinajstić information content (AvgIpc) is 3.50. The predicted molar refractivity (Wildman–Crippen MR) is 110 cm³/mol. The summed E-state index contributed by atoms with van der Waals surface area (Å²) in [6.07, 6.45) is 1.39. The van der Waals surface area contributed by atoms with Crippen molar-refractivity contribution in [2.75, 3.05) is 5.75 Å². The maximum atomic E-state index is 12.0. The van der Waals surface area contributed by atoms with Crippen molar-refractivity contribution in [2.45, 2.75) is 5.16 Å². The van der Waals surface area contributed by atoms with Gasteiger partial charge in [-0.15, -0.1) is 22.7 Å². The first-order valence-electron chi connectivity index (χ1n) is 8.14. The highest BCUT2D eigenvalue weighted by molar-refractivity contribution is 7.99. The summed E-state index contributed by atoms with van der Waals surface area (Å²) >= 11 is 4.50. The number of thiophene rings is 2. The molecule has 10 heteroatoms. The van der Waals surface area contributed by atoms with Gasteiger partial charge < -0.3 is 9.40 Å². The van der Waals surface area contributed by atoms with Crippen LogP contribution in [0, 0.1) is 0 Å². The number of amides is 2. The summed E-state index contributed by atoms with van der Waals surface area (Å²) in [6.45, 7) is 0. The van der Waals surface area contributed by atoms with E-state index in [1.54, 1.807) is 28.7 Å². The number of nitrogens with one attached hydrogen (secondary N) is 3. The highest BCUT2D eigenvalue weighted by atomic mass is 32.2. The second-order valence-electron chi connectivity index (χ2n) is 5.49. The highest BCUT2D eigenvalue weighted by Crippen LogP contribution is 2.36. The summed E-state index contributed by atoms with van der Waals surface area (Å²) in [5.74, 6) is -0.641. The van der Waals surface area contributed by atoms with Crippen LogP contribution in [0.1, 0.15) is 10.6 Å². The Kier molecular flexibility index (Phi) is 5.60. The SMILES string of the molecule is O=C(CSc1nc(-c2cccs2)c(-c2cccs2)[nH]1)NNC(=O)c1ccco1. The van der Waals surface area contributed by atoms with Gasteiger partial charge in [0, 0.05) is 0 Å². The van der Waals surface area contributed by atoms with E-state index in [1.165, 1.54) is 24.1 Å². The fraction of sp³-hybridized carbons (Fsp3) is 0.0556. The summed E-state index contributed by atoms with van der Waals surface area (Å²) in [4.78, 5) is 33.9. The van der Waals surface area contributed by atoms with Crippen LogP contribution in [0.4, 0.5) is 0 Å².